The van der Waals surface area contributed by atoms with Crippen molar-refractivity contribution in [2.45, 2.75) is 6.54 Å². The Labute approximate surface area is 126 Å². The summed E-state index contributed by atoms with van der Waals surface area (Å²) in [6, 6.07) is 12.5. The molecule has 2 aromatic rings. The zero-order valence-electron chi connectivity index (χ0n) is 12.7. The van der Waals surface area contributed by atoms with Gasteiger partial charge in [-0.15, -0.1) is 0 Å². The largest absolute Gasteiger partial charge is 0.496 e. The van der Waals surface area contributed by atoms with Crippen molar-refractivity contribution >= 4 is 10.8 Å². The second kappa shape index (κ2) is 8.62. The summed E-state index contributed by atoms with van der Waals surface area (Å²) in [5.41, 5.74) is 1.19. The van der Waals surface area contributed by atoms with Crippen molar-refractivity contribution in [3.63, 3.8) is 0 Å². The summed E-state index contributed by atoms with van der Waals surface area (Å²) >= 11 is 0. The molecular formula is C17H23NO3. The maximum atomic E-state index is 5.48. The van der Waals surface area contributed by atoms with Crippen LogP contribution in [0.4, 0.5) is 0 Å². The smallest absolute Gasteiger partial charge is 0.123 e. The molecular weight excluding hydrogens is 266 g/mol. The fourth-order valence-corrected chi connectivity index (χ4v) is 2.29. The van der Waals surface area contributed by atoms with E-state index in [-0.39, 0.29) is 0 Å². The van der Waals surface area contributed by atoms with Gasteiger partial charge in [0, 0.05) is 25.8 Å². The maximum Gasteiger partial charge on any atom is 0.123 e. The molecule has 0 aliphatic rings. The molecule has 0 aliphatic heterocycles. The highest BCUT2D eigenvalue weighted by atomic mass is 16.5. The first kappa shape index (κ1) is 15.8. The highest BCUT2D eigenvalue weighted by Crippen LogP contribution is 2.27. The second-order valence-corrected chi connectivity index (χ2v) is 4.75. The summed E-state index contributed by atoms with van der Waals surface area (Å²) in [4.78, 5) is 0. The maximum absolute atomic E-state index is 5.48. The normalized spacial score (nSPS) is 11.0. The average Bonchev–Trinajstić information content (AvgIpc) is 2.54. The molecule has 0 atom stereocenters. The molecule has 2 aromatic carbocycles. The van der Waals surface area contributed by atoms with E-state index in [1.165, 1.54) is 16.3 Å². The van der Waals surface area contributed by atoms with E-state index in [4.69, 9.17) is 14.2 Å². The van der Waals surface area contributed by atoms with E-state index in [2.05, 4.69) is 35.6 Å². The van der Waals surface area contributed by atoms with Gasteiger partial charge >= 0.3 is 0 Å². The Bertz CT molecular complexity index is 557. The van der Waals surface area contributed by atoms with Crippen LogP contribution in [0.15, 0.2) is 36.4 Å². The number of nitrogens with one attached hydrogen (secondary N) is 1. The molecule has 0 heterocycles. The van der Waals surface area contributed by atoms with Gasteiger partial charge in [0.05, 0.1) is 26.9 Å². The first-order chi connectivity index (χ1) is 10.4. The Kier molecular flexibility index (Phi) is 6.47. The Morgan fingerprint density at radius 2 is 1.81 bits per heavy atom. The van der Waals surface area contributed by atoms with Crippen LogP contribution in [0.3, 0.4) is 0 Å². The van der Waals surface area contributed by atoms with E-state index >= 15 is 0 Å². The van der Waals surface area contributed by atoms with Gasteiger partial charge in [0.2, 0.25) is 0 Å². The molecule has 2 rings (SSSR count). The van der Waals surface area contributed by atoms with Crippen molar-refractivity contribution in [1.29, 1.82) is 0 Å². The average molecular weight is 289 g/mol. The summed E-state index contributed by atoms with van der Waals surface area (Å²) in [6.45, 7) is 3.51. The van der Waals surface area contributed by atoms with Crippen molar-refractivity contribution in [1.82, 2.24) is 5.32 Å². The quantitative estimate of drug-likeness (QED) is 0.720. The third-order valence-electron chi connectivity index (χ3n) is 3.37. The molecule has 0 saturated heterocycles. The lowest BCUT2D eigenvalue weighted by atomic mass is 10.0. The van der Waals surface area contributed by atoms with E-state index < -0.39 is 0 Å². The van der Waals surface area contributed by atoms with Crippen molar-refractivity contribution in [3.05, 3.63) is 42.0 Å². The van der Waals surface area contributed by atoms with Crippen LogP contribution < -0.4 is 10.1 Å². The fourth-order valence-electron chi connectivity index (χ4n) is 2.29. The lowest BCUT2D eigenvalue weighted by Gasteiger charge is -2.13. The molecule has 0 fully saturated rings. The molecule has 0 bridgehead atoms. The third-order valence-corrected chi connectivity index (χ3v) is 3.37. The molecule has 114 valence electrons. The van der Waals surface area contributed by atoms with Crippen LogP contribution >= 0.6 is 0 Å². The first-order valence-corrected chi connectivity index (χ1v) is 7.19. The molecule has 0 radical (unpaired) electrons. The predicted octanol–water partition coefficient (Wildman–Crippen LogP) is 2.60. The number of rotatable bonds is 9. The molecule has 0 spiro atoms. The molecule has 1 N–H and O–H groups in total. The van der Waals surface area contributed by atoms with Gasteiger partial charge in [-0.05, 0) is 16.8 Å². The summed E-state index contributed by atoms with van der Waals surface area (Å²) in [7, 11) is 3.38. The lowest BCUT2D eigenvalue weighted by Crippen LogP contribution is -2.20. The van der Waals surface area contributed by atoms with Crippen molar-refractivity contribution in [2.75, 3.05) is 40.6 Å². The van der Waals surface area contributed by atoms with E-state index in [9.17, 15) is 0 Å². The highest BCUT2D eigenvalue weighted by molar-refractivity contribution is 5.87. The van der Waals surface area contributed by atoms with E-state index in [0.717, 1.165) is 18.8 Å². The van der Waals surface area contributed by atoms with E-state index in [0.29, 0.717) is 19.8 Å². The van der Waals surface area contributed by atoms with Crippen molar-refractivity contribution < 1.29 is 14.2 Å². The summed E-state index contributed by atoms with van der Waals surface area (Å²) in [5.74, 6) is 0.918. The summed E-state index contributed by atoms with van der Waals surface area (Å²) in [5, 5.41) is 5.85. The van der Waals surface area contributed by atoms with Gasteiger partial charge in [-0.3, -0.25) is 0 Å². The monoisotopic (exact) mass is 289 g/mol. The minimum atomic E-state index is 0.635. The fraction of sp³-hybridized carbons (Fsp3) is 0.412. The Balaban J connectivity index is 1.94. The van der Waals surface area contributed by atoms with Crippen LogP contribution in [0.1, 0.15) is 5.56 Å². The molecule has 0 amide bonds. The SMILES string of the molecule is COCCOCCNCc1c(OC)ccc2ccccc12. The number of hydrogen-bond acceptors (Lipinski definition) is 4. The molecule has 4 nitrogen and oxygen atoms in total. The highest BCUT2D eigenvalue weighted by Gasteiger charge is 2.07. The second-order valence-electron chi connectivity index (χ2n) is 4.75. The molecule has 0 aliphatic carbocycles. The van der Waals surface area contributed by atoms with Crippen LogP contribution in [0.25, 0.3) is 10.8 Å². The number of hydrogen-bond donors (Lipinski definition) is 1. The molecule has 0 aromatic heterocycles. The van der Waals surface area contributed by atoms with Crippen molar-refractivity contribution in [3.8, 4) is 5.75 Å². The predicted molar refractivity (Wildman–Crippen MR) is 84.9 cm³/mol. The van der Waals surface area contributed by atoms with Crippen LogP contribution in [0.5, 0.6) is 5.75 Å². The van der Waals surface area contributed by atoms with Gasteiger partial charge < -0.3 is 19.5 Å². The standard InChI is InChI=1S/C17H23NO3/c1-19-11-12-21-10-9-18-13-16-15-6-4-3-5-14(15)7-8-17(16)20-2/h3-8,18H,9-13H2,1-2H3. The Hall–Kier alpha value is -1.62. The minimum Gasteiger partial charge on any atom is -0.496 e. The lowest BCUT2D eigenvalue weighted by molar-refractivity contribution is 0.0719. The number of ether oxygens (including phenoxy) is 3. The Morgan fingerprint density at radius 1 is 0.952 bits per heavy atom. The first-order valence-electron chi connectivity index (χ1n) is 7.19. The number of benzene rings is 2. The molecule has 0 saturated carbocycles. The molecule has 21 heavy (non-hydrogen) atoms. The van der Waals surface area contributed by atoms with E-state index in [1.807, 2.05) is 6.07 Å². The zero-order chi connectivity index (χ0) is 14.9. The van der Waals surface area contributed by atoms with Crippen LogP contribution in [-0.2, 0) is 16.0 Å². The van der Waals surface area contributed by atoms with Gasteiger partial charge in [0.15, 0.2) is 0 Å². The van der Waals surface area contributed by atoms with Crippen LogP contribution in [0.2, 0.25) is 0 Å². The van der Waals surface area contributed by atoms with Gasteiger partial charge in [0.25, 0.3) is 0 Å². The Morgan fingerprint density at radius 3 is 2.62 bits per heavy atom. The van der Waals surface area contributed by atoms with E-state index in [1.54, 1.807) is 14.2 Å². The summed E-state index contributed by atoms with van der Waals surface area (Å²) in [6.07, 6.45) is 0. The molecule has 4 heteroatoms. The van der Waals surface area contributed by atoms with Crippen molar-refractivity contribution in [2.24, 2.45) is 0 Å². The van der Waals surface area contributed by atoms with Crippen LogP contribution in [0, 0.1) is 0 Å². The molecule has 0 unspecified atom stereocenters. The van der Waals surface area contributed by atoms with Gasteiger partial charge in [-0.25, -0.2) is 0 Å². The van der Waals surface area contributed by atoms with Crippen LogP contribution in [-0.4, -0.2) is 40.6 Å². The minimum absolute atomic E-state index is 0.635. The zero-order valence-corrected chi connectivity index (χ0v) is 12.7. The number of methoxy groups -OCH3 is 2. The topological polar surface area (TPSA) is 39.7 Å². The number of fused-ring (bicyclic) bond motifs is 1. The third kappa shape index (κ3) is 4.43. The van der Waals surface area contributed by atoms with Gasteiger partial charge in [-0.1, -0.05) is 30.3 Å². The summed E-state index contributed by atoms with van der Waals surface area (Å²) < 4.78 is 15.8. The van der Waals surface area contributed by atoms with Gasteiger partial charge in [-0.2, -0.15) is 0 Å². The van der Waals surface area contributed by atoms with Gasteiger partial charge in [0.1, 0.15) is 5.75 Å².